The molecule has 0 spiro atoms. The van der Waals surface area contributed by atoms with Gasteiger partial charge in [-0.3, -0.25) is 0 Å². The van der Waals surface area contributed by atoms with E-state index in [1.807, 2.05) is 0 Å². The Morgan fingerprint density at radius 2 is 2.04 bits per heavy atom. The number of aliphatic hydroxyl groups excluding tert-OH is 1. The lowest BCUT2D eigenvalue weighted by molar-refractivity contribution is -0.153. The molecule has 8 heteroatoms. The molecule has 1 aromatic rings. The maximum Gasteiger partial charge on any atom is 0.422 e. The van der Waals surface area contributed by atoms with Crippen LogP contribution in [-0.4, -0.2) is 48.5 Å². The Labute approximate surface area is 138 Å². The van der Waals surface area contributed by atoms with E-state index in [2.05, 4.69) is 5.32 Å². The highest BCUT2D eigenvalue weighted by Gasteiger charge is 2.29. The fraction of sp³-hybridized carbons (Fsp3) is 0.562. The standard InChI is InChI=1S/C16H21F3N2O3/c1-11-2-3-13(14(8-11)24-10-16(17,18)19)20-15(23)21-6-4-12(9-22)5-7-21/h2-3,8,12,22H,4-7,9-10H2,1H3,(H,20,23). The zero-order valence-electron chi connectivity index (χ0n) is 13.4. The largest absolute Gasteiger partial charge is 0.482 e. The van der Waals surface area contributed by atoms with Crippen molar-refractivity contribution in [3.63, 3.8) is 0 Å². The molecule has 134 valence electrons. The lowest BCUT2D eigenvalue weighted by Gasteiger charge is -2.31. The van der Waals surface area contributed by atoms with E-state index in [4.69, 9.17) is 9.84 Å². The van der Waals surface area contributed by atoms with Crippen LogP contribution in [0.3, 0.4) is 0 Å². The number of rotatable bonds is 4. The first kappa shape index (κ1) is 18.4. The van der Waals surface area contributed by atoms with Gasteiger partial charge in [-0.05, 0) is 43.4 Å². The van der Waals surface area contributed by atoms with Gasteiger partial charge in [0.25, 0.3) is 0 Å². The van der Waals surface area contributed by atoms with Gasteiger partial charge in [0.15, 0.2) is 6.61 Å². The lowest BCUT2D eigenvalue weighted by atomic mass is 9.98. The van der Waals surface area contributed by atoms with Crippen molar-refractivity contribution in [2.24, 2.45) is 5.92 Å². The van der Waals surface area contributed by atoms with E-state index >= 15 is 0 Å². The molecule has 0 aliphatic carbocycles. The highest BCUT2D eigenvalue weighted by Crippen LogP contribution is 2.28. The van der Waals surface area contributed by atoms with Gasteiger partial charge in [-0.25, -0.2) is 4.79 Å². The molecule has 1 aliphatic heterocycles. The molecule has 1 aliphatic rings. The number of nitrogens with one attached hydrogen (secondary N) is 1. The van der Waals surface area contributed by atoms with Crippen LogP contribution in [0.4, 0.5) is 23.7 Å². The molecule has 0 bridgehead atoms. The first-order valence-electron chi connectivity index (χ1n) is 7.75. The van der Waals surface area contributed by atoms with Gasteiger partial charge in [0, 0.05) is 19.7 Å². The van der Waals surface area contributed by atoms with Crippen LogP contribution in [-0.2, 0) is 0 Å². The minimum Gasteiger partial charge on any atom is -0.482 e. The number of carbonyl (C=O) groups is 1. The number of aryl methyl sites for hydroxylation is 1. The van der Waals surface area contributed by atoms with Gasteiger partial charge in [0.05, 0.1) is 5.69 Å². The lowest BCUT2D eigenvalue weighted by Crippen LogP contribution is -2.41. The average molecular weight is 346 g/mol. The number of nitrogens with zero attached hydrogens (tertiary/aromatic N) is 1. The molecule has 1 aromatic carbocycles. The van der Waals surface area contributed by atoms with Crippen molar-refractivity contribution < 1.29 is 27.8 Å². The minimum absolute atomic E-state index is 0.00841. The number of amides is 2. The molecule has 0 radical (unpaired) electrons. The fourth-order valence-electron chi connectivity index (χ4n) is 2.52. The molecule has 2 amide bonds. The van der Waals surface area contributed by atoms with Crippen LogP contribution in [0.15, 0.2) is 18.2 Å². The van der Waals surface area contributed by atoms with Crippen molar-refractivity contribution in [3.05, 3.63) is 23.8 Å². The van der Waals surface area contributed by atoms with Crippen LogP contribution in [0.2, 0.25) is 0 Å². The molecule has 0 aromatic heterocycles. The number of ether oxygens (including phenoxy) is 1. The Morgan fingerprint density at radius 1 is 1.38 bits per heavy atom. The molecule has 1 heterocycles. The Hall–Kier alpha value is -1.96. The van der Waals surface area contributed by atoms with Crippen LogP contribution in [0.5, 0.6) is 5.75 Å². The van der Waals surface area contributed by atoms with Crippen molar-refractivity contribution in [3.8, 4) is 5.75 Å². The molecule has 1 saturated heterocycles. The number of hydrogen-bond acceptors (Lipinski definition) is 3. The van der Waals surface area contributed by atoms with Crippen molar-refractivity contribution in [2.75, 3.05) is 31.6 Å². The van der Waals surface area contributed by atoms with Gasteiger partial charge in [-0.2, -0.15) is 13.2 Å². The Balaban J connectivity index is 2.02. The van der Waals surface area contributed by atoms with Gasteiger partial charge < -0.3 is 20.1 Å². The number of urea groups is 1. The monoisotopic (exact) mass is 346 g/mol. The molecular formula is C16H21F3N2O3. The molecule has 0 atom stereocenters. The van der Waals surface area contributed by atoms with Gasteiger partial charge in [0.1, 0.15) is 5.75 Å². The number of carbonyl (C=O) groups excluding carboxylic acids is 1. The van der Waals surface area contributed by atoms with Crippen LogP contribution in [0.1, 0.15) is 18.4 Å². The molecule has 0 unspecified atom stereocenters. The smallest absolute Gasteiger partial charge is 0.422 e. The number of alkyl halides is 3. The molecule has 2 rings (SSSR count). The zero-order valence-corrected chi connectivity index (χ0v) is 13.4. The van der Waals surface area contributed by atoms with Crippen molar-refractivity contribution >= 4 is 11.7 Å². The summed E-state index contributed by atoms with van der Waals surface area (Å²) in [7, 11) is 0. The number of aliphatic hydroxyl groups is 1. The second-order valence-corrected chi connectivity index (χ2v) is 5.95. The van der Waals surface area contributed by atoms with Gasteiger partial charge in [-0.15, -0.1) is 0 Å². The highest BCUT2D eigenvalue weighted by atomic mass is 19.4. The van der Waals surface area contributed by atoms with Gasteiger partial charge >= 0.3 is 12.2 Å². The number of likely N-dealkylation sites (tertiary alicyclic amines) is 1. The topological polar surface area (TPSA) is 61.8 Å². The summed E-state index contributed by atoms with van der Waals surface area (Å²) in [6, 6.07) is 4.29. The summed E-state index contributed by atoms with van der Waals surface area (Å²) in [4.78, 5) is 13.9. The molecule has 0 saturated carbocycles. The summed E-state index contributed by atoms with van der Waals surface area (Å²) in [5.74, 6) is 0.185. The van der Waals surface area contributed by atoms with E-state index in [0.29, 0.717) is 25.9 Å². The summed E-state index contributed by atoms with van der Waals surface area (Å²) in [5, 5.41) is 11.7. The number of piperidine rings is 1. The normalized spacial score (nSPS) is 16.1. The third-order valence-electron chi connectivity index (χ3n) is 3.93. The van der Waals surface area contributed by atoms with Crippen molar-refractivity contribution in [1.82, 2.24) is 4.90 Å². The van der Waals surface area contributed by atoms with Crippen LogP contribution < -0.4 is 10.1 Å². The SMILES string of the molecule is Cc1ccc(NC(=O)N2CCC(CO)CC2)c(OCC(F)(F)F)c1. The summed E-state index contributed by atoms with van der Waals surface area (Å²) >= 11 is 0. The minimum atomic E-state index is -4.45. The van der Waals surface area contributed by atoms with Crippen LogP contribution in [0, 0.1) is 12.8 Å². The molecule has 2 N–H and O–H groups in total. The summed E-state index contributed by atoms with van der Waals surface area (Å²) in [6.45, 7) is 1.42. The van der Waals surface area contributed by atoms with E-state index in [-0.39, 0.29) is 30.0 Å². The molecule has 1 fully saturated rings. The maximum atomic E-state index is 12.4. The fourth-order valence-corrected chi connectivity index (χ4v) is 2.52. The van der Waals surface area contributed by atoms with Crippen molar-refractivity contribution in [2.45, 2.75) is 25.9 Å². The second kappa shape index (κ2) is 7.74. The predicted octanol–water partition coefficient (Wildman–Crippen LogP) is 3.17. The first-order chi connectivity index (χ1) is 11.3. The van der Waals surface area contributed by atoms with Crippen LogP contribution in [0.25, 0.3) is 0 Å². The third-order valence-corrected chi connectivity index (χ3v) is 3.93. The quantitative estimate of drug-likeness (QED) is 0.880. The highest BCUT2D eigenvalue weighted by molar-refractivity contribution is 5.91. The Kier molecular flexibility index (Phi) is 5.93. The number of benzene rings is 1. The zero-order chi connectivity index (χ0) is 17.7. The van der Waals surface area contributed by atoms with E-state index in [1.54, 1.807) is 17.9 Å². The second-order valence-electron chi connectivity index (χ2n) is 5.95. The van der Waals surface area contributed by atoms with Crippen LogP contribution >= 0.6 is 0 Å². The summed E-state index contributed by atoms with van der Waals surface area (Å²) < 4.78 is 41.9. The van der Waals surface area contributed by atoms with Gasteiger partial charge in [0.2, 0.25) is 0 Å². The predicted molar refractivity (Wildman–Crippen MR) is 83.1 cm³/mol. The third kappa shape index (κ3) is 5.30. The van der Waals surface area contributed by atoms with E-state index in [9.17, 15) is 18.0 Å². The molecular weight excluding hydrogens is 325 g/mol. The Morgan fingerprint density at radius 3 is 2.62 bits per heavy atom. The van der Waals surface area contributed by atoms with Gasteiger partial charge in [-0.1, -0.05) is 6.07 Å². The first-order valence-corrected chi connectivity index (χ1v) is 7.75. The summed E-state index contributed by atoms with van der Waals surface area (Å²) in [6.07, 6.45) is -3.04. The maximum absolute atomic E-state index is 12.4. The average Bonchev–Trinajstić information content (AvgIpc) is 2.54. The van der Waals surface area contributed by atoms with E-state index in [1.165, 1.54) is 12.1 Å². The number of anilines is 1. The molecule has 24 heavy (non-hydrogen) atoms. The van der Waals surface area contributed by atoms with E-state index in [0.717, 1.165) is 5.56 Å². The number of hydrogen-bond donors (Lipinski definition) is 2. The Bertz CT molecular complexity index is 570. The van der Waals surface area contributed by atoms with Crippen molar-refractivity contribution in [1.29, 1.82) is 0 Å². The molecule has 5 nitrogen and oxygen atoms in total. The van der Waals surface area contributed by atoms with E-state index < -0.39 is 12.8 Å². The number of halogens is 3. The summed E-state index contributed by atoms with van der Waals surface area (Å²) in [5.41, 5.74) is 0.938.